The molecule has 0 saturated carbocycles. The molecule has 0 saturated heterocycles. The Labute approximate surface area is 143 Å². The molecule has 2 rings (SSSR count). The van der Waals surface area contributed by atoms with Crippen molar-refractivity contribution in [2.24, 2.45) is 0 Å². The zero-order valence-corrected chi connectivity index (χ0v) is 15.4. The molecule has 2 aromatic rings. The summed E-state index contributed by atoms with van der Waals surface area (Å²) in [5.74, 6) is 0.946. The average Bonchev–Trinajstić information content (AvgIpc) is 2.47. The van der Waals surface area contributed by atoms with Crippen LogP contribution in [-0.2, 0) is 6.54 Å². The first-order chi connectivity index (χ1) is 10.1. The number of hydrogen-bond donors (Lipinski definition) is 1. The third-order valence-electron chi connectivity index (χ3n) is 3.13. The second kappa shape index (κ2) is 7.85. The van der Waals surface area contributed by atoms with E-state index in [-0.39, 0.29) is 0 Å². The highest BCUT2D eigenvalue weighted by atomic mass is 79.9. The molecule has 112 valence electrons. The van der Waals surface area contributed by atoms with E-state index >= 15 is 0 Å². The average molecular weight is 413 g/mol. The van der Waals surface area contributed by atoms with E-state index < -0.39 is 0 Å². The summed E-state index contributed by atoms with van der Waals surface area (Å²) in [5.41, 5.74) is 3.48. The molecule has 2 nitrogen and oxygen atoms in total. The first-order valence-electron chi connectivity index (χ1n) is 7.01. The van der Waals surface area contributed by atoms with Crippen molar-refractivity contribution in [3.8, 4) is 5.75 Å². The minimum Gasteiger partial charge on any atom is -0.493 e. The van der Waals surface area contributed by atoms with E-state index in [0.717, 1.165) is 45.5 Å². The summed E-state index contributed by atoms with van der Waals surface area (Å²) in [6, 6.07) is 12.4. The highest BCUT2D eigenvalue weighted by molar-refractivity contribution is 9.10. The molecule has 21 heavy (non-hydrogen) atoms. The van der Waals surface area contributed by atoms with Crippen LogP contribution in [0, 0.1) is 6.92 Å². The Morgan fingerprint density at radius 3 is 2.62 bits per heavy atom. The molecule has 0 aliphatic heterocycles. The Morgan fingerprint density at radius 2 is 1.90 bits per heavy atom. The summed E-state index contributed by atoms with van der Waals surface area (Å²) in [4.78, 5) is 0. The number of rotatable bonds is 6. The first kappa shape index (κ1) is 16.4. The lowest BCUT2D eigenvalue weighted by molar-refractivity contribution is 0.314. The molecule has 0 aromatic heterocycles. The van der Waals surface area contributed by atoms with Crippen LogP contribution in [-0.4, -0.2) is 6.61 Å². The number of nitrogens with one attached hydrogen (secondary N) is 1. The summed E-state index contributed by atoms with van der Waals surface area (Å²) >= 11 is 7.04. The van der Waals surface area contributed by atoms with Gasteiger partial charge in [0.15, 0.2) is 0 Å². The molecule has 4 heteroatoms. The van der Waals surface area contributed by atoms with Gasteiger partial charge in [0.25, 0.3) is 0 Å². The maximum Gasteiger partial charge on any atom is 0.124 e. The van der Waals surface area contributed by atoms with Crippen molar-refractivity contribution in [3.05, 3.63) is 56.5 Å². The molecular formula is C17H19Br2NO. The number of anilines is 1. The number of hydrogen-bond acceptors (Lipinski definition) is 2. The van der Waals surface area contributed by atoms with E-state index in [4.69, 9.17) is 4.74 Å². The number of ether oxygens (including phenoxy) is 1. The van der Waals surface area contributed by atoms with E-state index in [1.807, 2.05) is 12.1 Å². The quantitative estimate of drug-likeness (QED) is 0.635. The number of halogens is 2. The minimum absolute atomic E-state index is 0.736. The Bertz CT molecular complexity index is 614. The Morgan fingerprint density at radius 1 is 1.10 bits per heavy atom. The van der Waals surface area contributed by atoms with Gasteiger partial charge in [-0.05, 0) is 55.3 Å². The third kappa shape index (κ3) is 4.75. The largest absolute Gasteiger partial charge is 0.493 e. The molecule has 0 spiro atoms. The summed E-state index contributed by atoms with van der Waals surface area (Å²) in [5, 5.41) is 3.45. The van der Waals surface area contributed by atoms with Gasteiger partial charge >= 0.3 is 0 Å². The second-order valence-electron chi connectivity index (χ2n) is 4.92. The van der Waals surface area contributed by atoms with Gasteiger partial charge in [-0.1, -0.05) is 38.8 Å². The Kier molecular flexibility index (Phi) is 6.12. The molecule has 0 unspecified atom stereocenters. The lowest BCUT2D eigenvalue weighted by atomic mass is 10.2. The van der Waals surface area contributed by atoms with E-state index in [1.54, 1.807) is 0 Å². The standard InChI is InChI=1S/C17H19Br2NO/c1-3-8-21-17-7-4-14(18)10-13(17)11-20-15-5-6-16(19)12(2)9-15/h4-7,9-10,20H,3,8,11H2,1-2H3. The van der Waals surface area contributed by atoms with E-state index in [2.05, 4.69) is 75.3 Å². The highest BCUT2D eigenvalue weighted by Crippen LogP contribution is 2.25. The zero-order chi connectivity index (χ0) is 15.2. The lowest BCUT2D eigenvalue weighted by Gasteiger charge is -2.13. The number of aryl methyl sites for hydroxylation is 1. The van der Waals surface area contributed by atoms with Crippen molar-refractivity contribution >= 4 is 37.5 Å². The lowest BCUT2D eigenvalue weighted by Crippen LogP contribution is -2.04. The summed E-state index contributed by atoms with van der Waals surface area (Å²) in [6.07, 6.45) is 1.01. The van der Waals surface area contributed by atoms with Gasteiger partial charge in [0, 0.05) is 26.7 Å². The normalized spacial score (nSPS) is 10.5. The van der Waals surface area contributed by atoms with Crippen LogP contribution >= 0.6 is 31.9 Å². The fourth-order valence-corrected chi connectivity index (χ4v) is 2.65. The summed E-state index contributed by atoms with van der Waals surface area (Å²) < 4.78 is 8.00. The van der Waals surface area contributed by atoms with Crippen LogP contribution in [0.1, 0.15) is 24.5 Å². The van der Waals surface area contributed by atoms with Crippen LogP contribution in [0.15, 0.2) is 45.3 Å². The van der Waals surface area contributed by atoms with Crippen molar-refractivity contribution in [3.63, 3.8) is 0 Å². The Balaban J connectivity index is 2.10. The van der Waals surface area contributed by atoms with Gasteiger partial charge in [0.2, 0.25) is 0 Å². The van der Waals surface area contributed by atoms with Gasteiger partial charge in [0.1, 0.15) is 5.75 Å². The topological polar surface area (TPSA) is 21.3 Å². The van der Waals surface area contributed by atoms with Gasteiger partial charge in [-0.15, -0.1) is 0 Å². The number of benzene rings is 2. The SMILES string of the molecule is CCCOc1ccc(Br)cc1CNc1ccc(Br)c(C)c1. The molecule has 0 bridgehead atoms. The molecule has 0 aliphatic carbocycles. The van der Waals surface area contributed by atoms with Crippen molar-refractivity contribution in [2.45, 2.75) is 26.8 Å². The van der Waals surface area contributed by atoms with Gasteiger partial charge in [0.05, 0.1) is 6.61 Å². The monoisotopic (exact) mass is 411 g/mol. The fourth-order valence-electron chi connectivity index (χ4n) is 1.99. The summed E-state index contributed by atoms with van der Waals surface area (Å²) in [7, 11) is 0. The van der Waals surface area contributed by atoms with Crippen molar-refractivity contribution < 1.29 is 4.74 Å². The Hall–Kier alpha value is -1.00. The van der Waals surface area contributed by atoms with E-state index in [1.165, 1.54) is 5.56 Å². The van der Waals surface area contributed by atoms with Crippen LogP contribution in [0.4, 0.5) is 5.69 Å². The highest BCUT2D eigenvalue weighted by Gasteiger charge is 2.05. The molecule has 0 aliphatic rings. The van der Waals surface area contributed by atoms with Gasteiger partial charge in [-0.3, -0.25) is 0 Å². The predicted molar refractivity (Wildman–Crippen MR) is 96.1 cm³/mol. The van der Waals surface area contributed by atoms with Crippen LogP contribution in [0.3, 0.4) is 0 Å². The molecule has 0 heterocycles. The molecule has 0 atom stereocenters. The third-order valence-corrected chi connectivity index (χ3v) is 4.51. The second-order valence-corrected chi connectivity index (χ2v) is 6.69. The molecule has 0 amide bonds. The van der Waals surface area contributed by atoms with Crippen LogP contribution in [0.2, 0.25) is 0 Å². The molecule has 0 fully saturated rings. The van der Waals surface area contributed by atoms with E-state index in [0.29, 0.717) is 0 Å². The summed E-state index contributed by atoms with van der Waals surface area (Å²) in [6.45, 7) is 5.68. The van der Waals surface area contributed by atoms with Crippen LogP contribution < -0.4 is 10.1 Å². The molecular weight excluding hydrogens is 394 g/mol. The maximum atomic E-state index is 5.80. The van der Waals surface area contributed by atoms with E-state index in [9.17, 15) is 0 Å². The zero-order valence-electron chi connectivity index (χ0n) is 12.2. The van der Waals surface area contributed by atoms with Crippen LogP contribution in [0.5, 0.6) is 5.75 Å². The predicted octanol–water partition coefficient (Wildman–Crippen LogP) is 5.92. The first-order valence-corrected chi connectivity index (χ1v) is 8.60. The van der Waals surface area contributed by atoms with Crippen LogP contribution in [0.25, 0.3) is 0 Å². The minimum atomic E-state index is 0.736. The smallest absolute Gasteiger partial charge is 0.124 e. The van der Waals surface area contributed by atoms with Gasteiger partial charge in [-0.2, -0.15) is 0 Å². The van der Waals surface area contributed by atoms with Crippen molar-refractivity contribution in [1.29, 1.82) is 0 Å². The molecule has 2 aromatic carbocycles. The van der Waals surface area contributed by atoms with Crippen molar-refractivity contribution in [2.75, 3.05) is 11.9 Å². The van der Waals surface area contributed by atoms with Gasteiger partial charge in [-0.25, -0.2) is 0 Å². The van der Waals surface area contributed by atoms with Gasteiger partial charge < -0.3 is 10.1 Å². The molecule has 0 radical (unpaired) electrons. The van der Waals surface area contributed by atoms with Crippen molar-refractivity contribution in [1.82, 2.24) is 0 Å². The molecule has 1 N–H and O–H groups in total. The fraction of sp³-hybridized carbons (Fsp3) is 0.294. The maximum absolute atomic E-state index is 5.80.